The van der Waals surface area contributed by atoms with Gasteiger partial charge in [-0.3, -0.25) is 9.59 Å². The van der Waals surface area contributed by atoms with Crippen molar-refractivity contribution in [2.75, 3.05) is 13.2 Å². The van der Waals surface area contributed by atoms with Gasteiger partial charge in [-0.25, -0.2) is 0 Å². The number of carbonyl (C=O) groups is 2. The number of hydrogen-bond donors (Lipinski definition) is 1. The molecule has 382 valence electrons. The number of aliphatic hydroxyl groups is 1. The van der Waals surface area contributed by atoms with Crippen molar-refractivity contribution in [1.29, 1.82) is 0 Å². The second-order valence-electron chi connectivity index (χ2n) is 19.0. The van der Waals surface area contributed by atoms with Gasteiger partial charge >= 0.3 is 11.9 Å². The summed E-state index contributed by atoms with van der Waals surface area (Å²) >= 11 is 0. The quantitative estimate of drug-likeness (QED) is 0.0374. The molecule has 0 aliphatic rings. The van der Waals surface area contributed by atoms with Crippen LogP contribution in [0.25, 0.3) is 0 Å². The molecule has 0 aromatic rings. The van der Waals surface area contributed by atoms with Crippen molar-refractivity contribution in [2.24, 2.45) is 0 Å². The highest BCUT2D eigenvalue weighted by molar-refractivity contribution is 5.70. The molecular weight excluding hydrogens is 813 g/mol. The second kappa shape index (κ2) is 56.7. The third kappa shape index (κ3) is 54.0. The van der Waals surface area contributed by atoms with E-state index in [0.717, 1.165) is 77.0 Å². The predicted octanol–water partition coefficient (Wildman–Crippen LogP) is 19.2. The summed E-state index contributed by atoms with van der Waals surface area (Å²) in [4.78, 5) is 24.4. The van der Waals surface area contributed by atoms with Crippen LogP contribution < -0.4 is 0 Å². The van der Waals surface area contributed by atoms with E-state index in [0.29, 0.717) is 12.8 Å². The van der Waals surface area contributed by atoms with E-state index in [4.69, 9.17) is 9.47 Å². The highest BCUT2D eigenvalue weighted by atomic mass is 16.6. The molecule has 0 rings (SSSR count). The average Bonchev–Trinajstić information content (AvgIpc) is 3.32. The standard InChI is InChI=1S/C61H108O5/c1-3-5-7-9-11-13-15-16-17-18-19-20-21-22-23-24-25-26-27-28-29-30-31-32-33-34-35-36-37-38-39-40-41-42-43-44-46-48-50-52-54-56-61(64)66-59(57-62)58-65-60(63)55-53-51-49-47-45-14-12-10-8-6-4-2/h5,7,11,13,16-17,19-20,22-23,25-26,59,62H,3-4,6,8-10,12,14-15,18,21,24,27-58H2,1-2H3/b7-5-,13-11-,17-16-,20-19-,23-22-,26-25-. The first-order valence-corrected chi connectivity index (χ1v) is 28.5. The molecule has 0 amide bonds. The smallest absolute Gasteiger partial charge is 0.306 e. The van der Waals surface area contributed by atoms with Crippen molar-refractivity contribution in [2.45, 2.75) is 290 Å². The lowest BCUT2D eigenvalue weighted by Gasteiger charge is -2.15. The largest absolute Gasteiger partial charge is 0.462 e. The summed E-state index contributed by atoms with van der Waals surface area (Å²) in [7, 11) is 0. The molecule has 0 bridgehead atoms. The van der Waals surface area contributed by atoms with Crippen LogP contribution in [0.3, 0.4) is 0 Å². The lowest BCUT2D eigenvalue weighted by atomic mass is 10.0. The molecule has 5 heteroatoms. The minimum Gasteiger partial charge on any atom is -0.462 e. The number of carbonyl (C=O) groups excluding carboxylic acids is 2. The zero-order chi connectivity index (χ0) is 47.7. The number of aliphatic hydroxyl groups excluding tert-OH is 1. The van der Waals surface area contributed by atoms with Gasteiger partial charge in [0.05, 0.1) is 6.61 Å². The lowest BCUT2D eigenvalue weighted by molar-refractivity contribution is -0.161. The SMILES string of the molecule is CC/C=C\C/C=C\C/C=C\C/C=C\C/C=C\C/C=C\CCCCCCCCCCCCCCCCCCCCCCCCC(=O)OC(CO)COC(=O)CCCCCCCCCCCCC. The van der Waals surface area contributed by atoms with Crippen molar-refractivity contribution < 1.29 is 24.2 Å². The van der Waals surface area contributed by atoms with E-state index in [-0.39, 0.29) is 25.2 Å². The Kier molecular flexibility index (Phi) is 54.4. The zero-order valence-electron chi connectivity index (χ0n) is 43.7. The molecule has 1 unspecified atom stereocenters. The number of allylic oxidation sites excluding steroid dienone is 12. The van der Waals surface area contributed by atoms with Gasteiger partial charge in [-0.2, -0.15) is 0 Å². The van der Waals surface area contributed by atoms with Gasteiger partial charge in [0.15, 0.2) is 6.10 Å². The van der Waals surface area contributed by atoms with E-state index in [2.05, 4.69) is 86.8 Å². The minimum atomic E-state index is -0.768. The Labute approximate surface area is 410 Å². The number of ether oxygens (including phenoxy) is 2. The van der Waals surface area contributed by atoms with Crippen LogP contribution in [0, 0.1) is 0 Å². The fourth-order valence-electron chi connectivity index (χ4n) is 8.27. The van der Waals surface area contributed by atoms with Crippen LogP contribution in [-0.4, -0.2) is 36.4 Å². The maximum atomic E-state index is 12.3. The van der Waals surface area contributed by atoms with Crippen LogP contribution in [0.2, 0.25) is 0 Å². The molecule has 5 nitrogen and oxygen atoms in total. The van der Waals surface area contributed by atoms with Gasteiger partial charge in [0.2, 0.25) is 0 Å². The maximum absolute atomic E-state index is 12.3. The topological polar surface area (TPSA) is 72.8 Å². The molecule has 0 aromatic carbocycles. The first kappa shape index (κ1) is 63.3. The molecule has 0 aliphatic heterocycles. The van der Waals surface area contributed by atoms with E-state index in [1.54, 1.807) is 0 Å². The van der Waals surface area contributed by atoms with Crippen molar-refractivity contribution >= 4 is 11.9 Å². The van der Waals surface area contributed by atoms with Crippen molar-refractivity contribution in [3.05, 3.63) is 72.9 Å². The first-order chi connectivity index (χ1) is 32.6. The summed E-state index contributed by atoms with van der Waals surface area (Å²) in [6.45, 7) is 4.03. The van der Waals surface area contributed by atoms with E-state index in [1.165, 1.54) is 180 Å². The number of unbranched alkanes of at least 4 members (excludes halogenated alkanes) is 32. The molecule has 0 fully saturated rings. The van der Waals surface area contributed by atoms with Crippen LogP contribution in [0.5, 0.6) is 0 Å². The van der Waals surface area contributed by atoms with E-state index in [1.807, 2.05) is 0 Å². The fourth-order valence-corrected chi connectivity index (χ4v) is 8.27. The zero-order valence-corrected chi connectivity index (χ0v) is 43.7. The highest BCUT2D eigenvalue weighted by Gasteiger charge is 2.16. The van der Waals surface area contributed by atoms with Gasteiger partial charge in [-0.05, 0) is 64.2 Å². The first-order valence-electron chi connectivity index (χ1n) is 28.5. The van der Waals surface area contributed by atoms with Gasteiger partial charge in [0, 0.05) is 12.8 Å². The molecule has 0 spiro atoms. The van der Waals surface area contributed by atoms with Gasteiger partial charge in [0.1, 0.15) is 6.61 Å². The molecule has 0 heterocycles. The number of rotatable bonds is 52. The van der Waals surface area contributed by atoms with Crippen LogP contribution in [-0.2, 0) is 19.1 Å². The summed E-state index contributed by atoms with van der Waals surface area (Å²) in [5.74, 6) is -0.579. The van der Waals surface area contributed by atoms with E-state index in [9.17, 15) is 14.7 Å². The fraction of sp³-hybridized carbons (Fsp3) is 0.770. The van der Waals surface area contributed by atoms with Gasteiger partial charge in [0.25, 0.3) is 0 Å². The summed E-state index contributed by atoms with van der Waals surface area (Å²) in [5, 5.41) is 9.60. The molecule has 0 radical (unpaired) electrons. The molecular formula is C61H108O5. The minimum absolute atomic E-state index is 0.0613. The van der Waals surface area contributed by atoms with Gasteiger partial charge < -0.3 is 14.6 Å². The third-order valence-corrected chi connectivity index (χ3v) is 12.5. The predicted molar refractivity (Wildman–Crippen MR) is 288 cm³/mol. The van der Waals surface area contributed by atoms with Crippen molar-refractivity contribution in [3.63, 3.8) is 0 Å². The molecule has 0 saturated heterocycles. The molecule has 0 saturated carbocycles. The van der Waals surface area contributed by atoms with Gasteiger partial charge in [-0.15, -0.1) is 0 Å². The summed E-state index contributed by atoms with van der Waals surface area (Å²) in [6.07, 6.45) is 77.6. The Hall–Kier alpha value is -2.66. The Morgan fingerprint density at radius 2 is 0.652 bits per heavy atom. The maximum Gasteiger partial charge on any atom is 0.306 e. The van der Waals surface area contributed by atoms with Crippen LogP contribution in [0.15, 0.2) is 72.9 Å². The summed E-state index contributed by atoms with van der Waals surface area (Å²) in [5.41, 5.74) is 0. The average molecular weight is 922 g/mol. The molecule has 1 atom stereocenters. The Morgan fingerprint density at radius 1 is 0.364 bits per heavy atom. The van der Waals surface area contributed by atoms with Crippen LogP contribution in [0.1, 0.15) is 284 Å². The molecule has 0 aromatic heterocycles. The Morgan fingerprint density at radius 3 is 0.985 bits per heavy atom. The van der Waals surface area contributed by atoms with Crippen molar-refractivity contribution in [1.82, 2.24) is 0 Å². The summed E-state index contributed by atoms with van der Waals surface area (Å²) < 4.78 is 10.7. The Bertz CT molecular complexity index is 1180. The Balaban J connectivity index is 3.40. The second-order valence-corrected chi connectivity index (χ2v) is 19.0. The highest BCUT2D eigenvalue weighted by Crippen LogP contribution is 2.17. The molecule has 66 heavy (non-hydrogen) atoms. The normalized spacial score (nSPS) is 12.7. The molecule has 1 N–H and O–H groups in total. The van der Waals surface area contributed by atoms with E-state index >= 15 is 0 Å². The van der Waals surface area contributed by atoms with Crippen molar-refractivity contribution in [3.8, 4) is 0 Å². The van der Waals surface area contributed by atoms with Crippen LogP contribution >= 0.6 is 0 Å². The van der Waals surface area contributed by atoms with E-state index < -0.39 is 6.10 Å². The van der Waals surface area contributed by atoms with Crippen LogP contribution in [0.4, 0.5) is 0 Å². The molecule has 0 aliphatic carbocycles. The van der Waals surface area contributed by atoms with Gasteiger partial charge in [-0.1, -0.05) is 279 Å². The third-order valence-electron chi connectivity index (χ3n) is 12.5. The summed E-state index contributed by atoms with van der Waals surface area (Å²) in [6, 6.07) is 0. The number of esters is 2. The monoisotopic (exact) mass is 921 g/mol. The lowest BCUT2D eigenvalue weighted by Crippen LogP contribution is -2.28. The number of hydrogen-bond acceptors (Lipinski definition) is 5.